The van der Waals surface area contributed by atoms with E-state index in [0.717, 1.165) is 34.3 Å². The van der Waals surface area contributed by atoms with Crippen molar-refractivity contribution in [3.63, 3.8) is 0 Å². The number of allylic oxidation sites excluding steroid dienone is 1. The standard InChI is InChI=1S/C21H21N7O/c22-10-19(18-3-1-2-16-11-24-25-20(16)18)15-4-6-26(7-5-15)21(29)27-8-9-28-14-23-12-17(28)13-27/h1-3,11-12,14H,4-9,13H2,(H,24,25). The molecule has 146 valence electrons. The van der Waals surface area contributed by atoms with Crippen molar-refractivity contribution in [1.29, 1.82) is 5.26 Å². The first-order valence-corrected chi connectivity index (χ1v) is 9.82. The lowest BCUT2D eigenvalue weighted by atomic mass is 9.93. The largest absolute Gasteiger partial charge is 0.331 e. The van der Waals surface area contributed by atoms with Crippen LogP contribution in [0.15, 0.2) is 42.5 Å². The Labute approximate surface area is 168 Å². The van der Waals surface area contributed by atoms with E-state index >= 15 is 0 Å². The number of piperidine rings is 1. The van der Waals surface area contributed by atoms with Crippen molar-refractivity contribution in [3.05, 3.63) is 53.8 Å². The van der Waals surface area contributed by atoms with E-state index in [2.05, 4.69) is 25.8 Å². The minimum Gasteiger partial charge on any atom is -0.331 e. The highest BCUT2D eigenvalue weighted by Gasteiger charge is 2.28. The molecule has 1 N–H and O–H groups in total. The Hall–Kier alpha value is -3.60. The van der Waals surface area contributed by atoms with Gasteiger partial charge >= 0.3 is 6.03 Å². The summed E-state index contributed by atoms with van der Waals surface area (Å²) in [5.41, 5.74) is 4.66. The summed E-state index contributed by atoms with van der Waals surface area (Å²) in [4.78, 5) is 20.9. The normalized spacial score (nSPS) is 16.6. The first kappa shape index (κ1) is 17.5. The van der Waals surface area contributed by atoms with Gasteiger partial charge in [-0.15, -0.1) is 0 Å². The maximum Gasteiger partial charge on any atom is 0.320 e. The van der Waals surface area contributed by atoms with E-state index in [0.29, 0.717) is 44.6 Å². The van der Waals surface area contributed by atoms with Crippen LogP contribution in [-0.2, 0) is 13.1 Å². The maximum absolute atomic E-state index is 13.0. The predicted octanol–water partition coefficient (Wildman–Crippen LogP) is 2.77. The van der Waals surface area contributed by atoms with Gasteiger partial charge in [-0.3, -0.25) is 5.10 Å². The van der Waals surface area contributed by atoms with E-state index in [-0.39, 0.29) is 6.03 Å². The second-order valence-electron chi connectivity index (χ2n) is 7.50. The lowest BCUT2D eigenvalue weighted by Gasteiger charge is -2.36. The van der Waals surface area contributed by atoms with E-state index in [1.807, 2.05) is 40.5 Å². The Kier molecular flexibility index (Phi) is 4.28. The van der Waals surface area contributed by atoms with Crippen LogP contribution in [-0.4, -0.2) is 55.2 Å². The third-order valence-corrected chi connectivity index (χ3v) is 5.88. The second-order valence-corrected chi connectivity index (χ2v) is 7.50. The number of hydrogen-bond acceptors (Lipinski definition) is 4. The van der Waals surface area contributed by atoms with Crippen molar-refractivity contribution in [2.24, 2.45) is 0 Å². The molecule has 1 fully saturated rings. The van der Waals surface area contributed by atoms with Gasteiger partial charge in [0.2, 0.25) is 0 Å². The third-order valence-electron chi connectivity index (χ3n) is 5.88. The number of imidazole rings is 1. The molecule has 2 aliphatic heterocycles. The van der Waals surface area contributed by atoms with Crippen molar-refractivity contribution < 1.29 is 4.79 Å². The summed E-state index contributed by atoms with van der Waals surface area (Å²) < 4.78 is 2.09. The van der Waals surface area contributed by atoms with E-state index in [9.17, 15) is 10.1 Å². The summed E-state index contributed by atoms with van der Waals surface area (Å²) in [7, 11) is 0. The summed E-state index contributed by atoms with van der Waals surface area (Å²) in [5.74, 6) is 0. The summed E-state index contributed by atoms with van der Waals surface area (Å²) in [6.45, 7) is 3.35. The van der Waals surface area contributed by atoms with Crippen LogP contribution in [0.3, 0.4) is 0 Å². The number of likely N-dealkylation sites (tertiary alicyclic amines) is 1. The van der Waals surface area contributed by atoms with Crippen LogP contribution in [0.25, 0.3) is 16.5 Å². The number of carbonyl (C=O) groups is 1. The molecule has 2 aliphatic rings. The van der Waals surface area contributed by atoms with Gasteiger partial charge in [-0.25, -0.2) is 9.78 Å². The number of H-pyrrole nitrogens is 1. The summed E-state index contributed by atoms with van der Waals surface area (Å²) >= 11 is 0. The first-order chi connectivity index (χ1) is 14.2. The number of nitrogens with one attached hydrogen (secondary N) is 1. The van der Waals surface area contributed by atoms with Crippen LogP contribution >= 0.6 is 0 Å². The highest BCUT2D eigenvalue weighted by Crippen LogP contribution is 2.30. The first-order valence-electron chi connectivity index (χ1n) is 9.82. The molecule has 8 heteroatoms. The number of amides is 2. The summed E-state index contributed by atoms with van der Waals surface area (Å²) in [6, 6.07) is 8.36. The maximum atomic E-state index is 13.0. The molecule has 4 heterocycles. The Morgan fingerprint density at radius 2 is 1.97 bits per heavy atom. The number of nitrogens with zero attached hydrogens (tertiary/aromatic N) is 6. The molecular formula is C21H21N7O. The minimum absolute atomic E-state index is 0.0747. The molecule has 5 rings (SSSR count). The fourth-order valence-electron chi connectivity index (χ4n) is 4.27. The molecule has 2 amide bonds. The number of carbonyl (C=O) groups excluding carboxylic acids is 1. The molecule has 8 nitrogen and oxygen atoms in total. The quantitative estimate of drug-likeness (QED) is 0.650. The molecule has 0 aliphatic carbocycles. The topological polar surface area (TPSA) is 93.8 Å². The third kappa shape index (κ3) is 3.05. The lowest BCUT2D eigenvalue weighted by molar-refractivity contribution is 0.137. The van der Waals surface area contributed by atoms with Crippen molar-refractivity contribution in [3.8, 4) is 6.07 Å². The molecular weight excluding hydrogens is 366 g/mol. The summed E-state index contributed by atoms with van der Waals surface area (Å²) in [5, 5.41) is 17.9. The van der Waals surface area contributed by atoms with Gasteiger partial charge in [0.1, 0.15) is 0 Å². The fourth-order valence-corrected chi connectivity index (χ4v) is 4.27. The number of rotatable bonds is 1. The Morgan fingerprint density at radius 1 is 1.10 bits per heavy atom. The van der Waals surface area contributed by atoms with Crippen LogP contribution in [0.1, 0.15) is 24.1 Å². The minimum atomic E-state index is 0.0747. The van der Waals surface area contributed by atoms with Crippen molar-refractivity contribution in [1.82, 2.24) is 29.5 Å². The number of para-hydroxylation sites is 1. The monoisotopic (exact) mass is 387 g/mol. The number of benzene rings is 1. The van der Waals surface area contributed by atoms with Crippen molar-refractivity contribution in [2.75, 3.05) is 19.6 Å². The van der Waals surface area contributed by atoms with Crippen LogP contribution < -0.4 is 0 Å². The molecule has 0 atom stereocenters. The predicted molar refractivity (Wildman–Crippen MR) is 107 cm³/mol. The zero-order chi connectivity index (χ0) is 19.8. The molecule has 0 spiro atoms. The average molecular weight is 387 g/mol. The fraction of sp³-hybridized carbons (Fsp3) is 0.333. The van der Waals surface area contributed by atoms with E-state index in [4.69, 9.17) is 0 Å². The Morgan fingerprint density at radius 3 is 2.79 bits per heavy atom. The average Bonchev–Trinajstić information content (AvgIpc) is 3.43. The van der Waals surface area contributed by atoms with Gasteiger partial charge in [0.25, 0.3) is 0 Å². The molecule has 1 aromatic carbocycles. The molecule has 29 heavy (non-hydrogen) atoms. The molecule has 1 saturated heterocycles. The number of aromatic nitrogens is 4. The van der Waals surface area contributed by atoms with E-state index in [1.165, 1.54) is 0 Å². The zero-order valence-corrected chi connectivity index (χ0v) is 16.0. The molecule has 3 aromatic rings. The second kappa shape index (κ2) is 7.09. The van der Waals surface area contributed by atoms with Gasteiger partial charge in [-0.2, -0.15) is 10.4 Å². The molecule has 0 bridgehead atoms. The lowest BCUT2D eigenvalue weighted by Crippen LogP contribution is -2.48. The zero-order valence-electron chi connectivity index (χ0n) is 16.0. The SMILES string of the molecule is N#CC(=C1CCN(C(=O)N2CCn3cncc3C2)CC1)c1cccc2cn[nH]c12. The highest BCUT2D eigenvalue weighted by molar-refractivity contribution is 5.95. The van der Waals surface area contributed by atoms with Crippen molar-refractivity contribution >= 4 is 22.5 Å². The Balaban J connectivity index is 1.32. The Bertz CT molecular complexity index is 1140. The number of urea groups is 1. The van der Waals surface area contributed by atoms with Crippen LogP contribution in [0.5, 0.6) is 0 Å². The van der Waals surface area contributed by atoms with Gasteiger partial charge in [-0.05, 0) is 18.4 Å². The van der Waals surface area contributed by atoms with Crippen LogP contribution in [0.4, 0.5) is 4.79 Å². The van der Waals surface area contributed by atoms with Crippen LogP contribution in [0.2, 0.25) is 0 Å². The van der Waals surface area contributed by atoms with Gasteiger partial charge in [0, 0.05) is 43.3 Å². The van der Waals surface area contributed by atoms with Gasteiger partial charge < -0.3 is 14.4 Å². The van der Waals surface area contributed by atoms with Crippen molar-refractivity contribution in [2.45, 2.75) is 25.9 Å². The van der Waals surface area contributed by atoms with Gasteiger partial charge in [0.15, 0.2) is 0 Å². The van der Waals surface area contributed by atoms with E-state index < -0.39 is 0 Å². The van der Waals surface area contributed by atoms with Gasteiger partial charge in [-0.1, -0.05) is 18.2 Å². The number of hydrogen-bond donors (Lipinski definition) is 1. The van der Waals surface area contributed by atoms with Crippen LogP contribution in [0, 0.1) is 11.3 Å². The number of aromatic amines is 1. The highest BCUT2D eigenvalue weighted by atomic mass is 16.2. The van der Waals surface area contributed by atoms with Gasteiger partial charge in [0.05, 0.1) is 41.9 Å². The molecule has 0 saturated carbocycles. The van der Waals surface area contributed by atoms with E-state index in [1.54, 1.807) is 6.20 Å². The number of nitriles is 1. The smallest absolute Gasteiger partial charge is 0.320 e. The molecule has 0 unspecified atom stereocenters. The molecule has 2 aromatic heterocycles. The number of fused-ring (bicyclic) bond motifs is 2. The molecule has 0 radical (unpaired) electrons. The summed E-state index contributed by atoms with van der Waals surface area (Å²) in [6.07, 6.45) is 6.84.